The molecule has 0 amide bonds. The van der Waals surface area contributed by atoms with Crippen LogP contribution in [-0.4, -0.2) is 18.5 Å². The predicted molar refractivity (Wildman–Crippen MR) is 98.5 cm³/mol. The first kappa shape index (κ1) is 19.3. The van der Waals surface area contributed by atoms with Gasteiger partial charge in [-0.25, -0.2) is 4.79 Å². The largest absolute Gasteiger partial charge is 0.455 e. The molecule has 25 heavy (non-hydrogen) atoms. The quantitative estimate of drug-likeness (QED) is 0.672. The van der Waals surface area contributed by atoms with Gasteiger partial charge >= 0.3 is 11.9 Å². The first-order valence-corrected chi connectivity index (χ1v) is 8.67. The molecule has 0 heterocycles. The molecule has 0 bridgehead atoms. The maximum atomic E-state index is 11.9. The van der Waals surface area contributed by atoms with Crippen molar-refractivity contribution in [1.82, 2.24) is 0 Å². The molecular weight excluding hydrogens is 340 g/mol. The van der Waals surface area contributed by atoms with Gasteiger partial charge in [-0.1, -0.05) is 42.8 Å². The fourth-order valence-corrected chi connectivity index (χ4v) is 2.52. The number of hydrogen-bond donors (Lipinski definition) is 0. The fourth-order valence-electron chi connectivity index (χ4n) is 2.28. The molecule has 0 aromatic heterocycles. The van der Waals surface area contributed by atoms with E-state index in [2.05, 4.69) is 0 Å². The molecule has 0 spiro atoms. The summed E-state index contributed by atoms with van der Waals surface area (Å²) in [5.74, 6) is -0.973. The van der Waals surface area contributed by atoms with Crippen LogP contribution in [0.2, 0.25) is 5.02 Å². The minimum absolute atomic E-state index is 0.383. The summed E-state index contributed by atoms with van der Waals surface area (Å²) in [6.45, 7) is 6.86. The molecule has 0 aliphatic heterocycles. The van der Waals surface area contributed by atoms with Crippen LogP contribution in [0.15, 0.2) is 36.4 Å². The third-order valence-electron chi connectivity index (χ3n) is 4.39. The zero-order valence-electron chi connectivity index (χ0n) is 15.0. The highest BCUT2D eigenvalue weighted by Crippen LogP contribution is 2.27. The molecule has 0 fully saturated rings. The Balaban J connectivity index is 1.98. The second kappa shape index (κ2) is 7.87. The average Bonchev–Trinajstić information content (AvgIpc) is 2.59. The zero-order valence-corrected chi connectivity index (χ0v) is 15.7. The average molecular weight is 363 g/mol. The molecule has 1 unspecified atom stereocenters. The highest BCUT2D eigenvalue weighted by molar-refractivity contribution is 6.35. The van der Waals surface area contributed by atoms with Crippen molar-refractivity contribution < 1.29 is 19.1 Å². The second-order valence-corrected chi connectivity index (χ2v) is 7.07. The lowest BCUT2D eigenvalue weighted by Crippen LogP contribution is -2.28. The number of carbonyl (C=O) groups is 2. The molecule has 0 aliphatic carbocycles. The molecule has 5 heteroatoms. The number of ether oxygens (including phenoxy) is 2. The van der Waals surface area contributed by atoms with Crippen molar-refractivity contribution >= 4 is 34.3 Å². The highest BCUT2D eigenvalue weighted by Gasteiger charge is 2.28. The van der Waals surface area contributed by atoms with E-state index < -0.39 is 23.5 Å². The summed E-state index contributed by atoms with van der Waals surface area (Å²) < 4.78 is 10.4. The van der Waals surface area contributed by atoms with Gasteiger partial charge in [0.2, 0.25) is 0 Å². The van der Waals surface area contributed by atoms with Gasteiger partial charge < -0.3 is 9.47 Å². The molecular formula is C20H23ClO4. The summed E-state index contributed by atoms with van der Waals surface area (Å²) in [6, 6.07) is 11.4. The summed E-state index contributed by atoms with van der Waals surface area (Å²) in [4.78, 5) is 23.8. The van der Waals surface area contributed by atoms with Gasteiger partial charge in [-0.05, 0) is 50.3 Å². The Kier molecular flexibility index (Phi) is 6.07. The number of esters is 2. The Morgan fingerprint density at radius 2 is 1.92 bits per heavy atom. The smallest absolute Gasteiger partial charge is 0.344 e. The van der Waals surface area contributed by atoms with Gasteiger partial charge in [0.25, 0.3) is 0 Å². The van der Waals surface area contributed by atoms with Crippen molar-refractivity contribution in [1.29, 1.82) is 0 Å². The number of fused-ring (bicyclic) bond motifs is 1. The molecule has 0 aliphatic rings. The normalized spacial score (nSPS) is 12.7. The van der Waals surface area contributed by atoms with E-state index in [1.807, 2.05) is 43.3 Å². The maximum Gasteiger partial charge on any atom is 0.344 e. The van der Waals surface area contributed by atoms with E-state index in [-0.39, 0.29) is 6.61 Å². The Morgan fingerprint density at radius 3 is 2.60 bits per heavy atom. The number of hydrogen-bond acceptors (Lipinski definition) is 4. The topological polar surface area (TPSA) is 52.6 Å². The van der Waals surface area contributed by atoms with Crippen LogP contribution in [0.4, 0.5) is 0 Å². The standard InChI is InChI=1S/C20H23ClO4/c1-5-20(3,4)19(23)24-12-18(22)25-13(2)14-9-10-16-15(11-14)7-6-8-17(16)21/h6-11,13H,5,12H2,1-4H3. The van der Waals surface area contributed by atoms with Crippen LogP contribution in [0.3, 0.4) is 0 Å². The van der Waals surface area contributed by atoms with Gasteiger partial charge in [-0.15, -0.1) is 0 Å². The first-order chi connectivity index (χ1) is 11.7. The maximum absolute atomic E-state index is 11.9. The van der Waals surface area contributed by atoms with Crippen LogP contribution in [0, 0.1) is 5.41 Å². The van der Waals surface area contributed by atoms with Gasteiger partial charge in [0.05, 0.1) is 5.41 Å². The summed E-state index contributed by atoms with van der Waals surface area (Å²) >= 11 is 6.16. The van der Waals surface area contributed by atoms with Gasteiger partial charge in [0, 0.05) is 10.4 Å². The molecule has 4 nitrogen and oxygen atoms in total. The molecule has 1 atom stereocenters. The second-order valence-electron chi connectivity index (χ2n) is 6.67. The van der Waals surface area contributed by atoms with Crippen molar-refractivity contribution in [2.24, 2.45) is 5.41 Å². The van der Waals surface area contributed by atoms with E-state index in [1.54, 1.807) is 20.8 Å². The van der Waals surface area contributed by atoms with E-state index in [9.17, 15) is 9.59 Å². The summed E-state index contributed by atoms with van der Waals surface area (Å²) in [7, 11) is 0. The fraction of sp³-hybridized carbons (Fsp3) is 0.400. The lowest BCUT2D eigenvalue weighted by Gasteiger charge is -2.20. The molecule has 0 saturated heterocycles. The van der Waals surface area contributed by atoms with Crippen LogP contribution in [-0.2, 0) is 19.1 Å². The van der Waals surface area contributed by atoms with Crippen molar-refractivity contribution in [2.45, 2.75) is 40.2 Å². The Hall–Kier alpha value is -2.07. The van der Waals surface area contributed by atoms with Crippen LogP contribution in [0.25, 0.3) is 10.8 Å². The first-order valence-electron chi connectivity index (χ1n) is 8.29. The van der Waals surface area contributed by atoms with E-state index in [0.29, 0.717) is 11.4 Å². The molecule has 134 valence electrons. The molecule has 2 aromatic carbocycles. The molecule has 0 saturated carbocycles. The summed E-state index contributed by atoms with van der Waals surface area (Å²) in [6.07, 6.45) is 0.186. The summed E-state index contributed by atoms with van der Waals surface area (Å²) in [5.41, 5.74) is 0.243. The molecule has 2 aromatic rings. The molecule has 0 N–H and O–H groups in total. The zero-order chi connectivity index (χ0) is 18.6. The van der Waals surface area contributed by atoms with Crippen LogP contribution in [0.1, 0.15) is 45.8 Å². The Bertz CT molecular complexity index is 782. The van der Waals surface area contributed by atoms with Crippen LogP contribution >= 0.6 is 11.6 Å². The van der Waals surface area contributed by atoms with Gasteiger partial charge in [0.1, 0.15) is 6.10 Å². The molecule has 0 radical (unpaired) electrons. The van der Waals surface area contributed by atoms with Crippen LogP contribution in [0.5, 0.6) is 0 Å². The molecule has 2 rings (SSSR count). The highest BCUT2D eigenvalue weighted by atomic mass is 35.5. The van der Waals surface area contributed by atoms with Crippen LogP contribution < -0.4 is 0 Å². The van der Waals surface area contributed by atoms with E-state index in [1.165, 1.54) is 0 Å². The van der Waals surface area contributed by atoms with E-state index in [4.69, 9.17) is 21.1 Å². The van der Waals surface area contributed by atoms with Gasteiger partial charge in [0.15, 0.2) is 6.61 Å². The summed E-state index contributed by atoms with van der Waals surface area (Å²) in [5, 5.41) is 2.60. The number of carbonyl (C=O) groups excluding carboxylic acids is 2. The third kappa shape index (κ3) is 4.73. The van der Waals surface area contributed by atoms with Crippen molar-refractivity contribution in [3.8, 4) is 0 Å². The Labute approximate surface area is 153 Å². The van der Waals surface area contributed by atoms with E-state index >= 15 is 0 Å². The minimum Gasteiger partial charge on any atom is -0.455 e. The lowest BCUT2D eigenvalue weighted by atomic mass is 9.91. The minimum atomic E-state index is -0.608. The van der Waals surface area contributed by atoms with Crippen molar-refractivity contribution in [3.05, 3.63) is 47.0 Å². The number of halogens is 1. The van der Waals surface area contributed by atoms with Gasteiger partial charge in [-0.3, -0.25) is 4.79 Å². The monoisotopic (exact) mass is 362 g/mol. The number of rotatable bonds is 6. The van der Waals surface area contributed by atoms with E-state index in [0.717, 1.165) is 16.3 Å². The Morgan fingerprint density at radius 1 is 1.20 bits per heavy atom. The number of benzene rings is 2. The SMILES string of the molecule is CCC(C)(C)C(=O)OCC(=O)OC(C)c1ccc2c(Cl)cccc2c1. The lowest BCUT2D eigenvalue weighted by molar-refractivity contribution is -0.167. The van der Waals surface area contributed by atoms with Crippen molar-refractivity contribution in [3.63, 3.8) is 0 Å². The third-order valence-corrected chi connectivity index (χ3v) is 4.72. The predicted octanol–water partition coefficient (Wildman–Crippen LogP) is 5.08. The van der Waals surface area contributed by atoms with Crippen molar-refractivity contribution in [2.75, 3.05) is 6.61 Å². The van der Waals surface area contributed by atoms with Gasteiger partial charge in [-0.2, -0.15) is 0 Å².